The average molecular weight is 571 g/mol. The van der Waals surface area contributed by atoms with Gasteiger partial charge in [0, 0.05) is 12.1 Å². The van der Waals surface area contributed by atoms with E-state index in [0.29, 0.717) is 0 Å². The second-order valence-electron chi connectivity index (χ2n) is 13.2. The first-order valence-electron chi connectivity index (χ1n) is 15.0. The van der Waals surface area contributed by atoms with E-state index in [0.717, 1.165) is 25.7 Å². The maximum Gasteiger partial charge on any atom is 0.411 e. The molecule has 4 rings (SSSR count). The van der Waals surface area contributed by atoms with Gasteiger partial charge < -0.3 is 9.47 Å². The van der Waals surface area contributed by atoms with Crippen LogP contribution in [0.3, 0.4) is 0 Å². The molecule has 3 aromatic rings. The SMILES string of the molecule is CC(C)(C)OC(=O)CN(C(=O)OC(C)(C)C)[C@H]1CC[C@H](NC(c2ccccc2)(c2ccccc2)c2ccccc2)CC1. The van der Waals surface area contributed by atoms with Crippen LogP contribution in [0, 0.1) is 0 Å². The van der Waals surface area contributed by atoms with Gasteiger partial charge in [-0.05, 0) is 83.9 Å². The summed E-state index contributed by atoms with van der Waals surface area (Å²) in [5.74, 6) is -0.426. The summed E-state index contributed by atoms with van der Waals surface area (Å²) in [5, 5.41) is 4.09. The maximum atomic E-state index is 13.3. The van der Waals surface area contributed by atoms with Crippen LogP contribution < -0.4 is 5.32 Å². The van der Waals surface area contributed by atoms with Gasteiger partial charge in [0.2, 0.25) is 0 Å². The van der Waals surface area contributed by atoms with Gasteiger partial charge in [-0.1, -0.05) is 91.0 Å². The zero-order valence-corrected chi connectivity index (χ0v) is 25.9. The Morgan fingerprint density at radius 3 is 1.45 bits per heavy atom. The van der Waals surface area contributed by atoms with Crippen LogP contribution in [-0.2, 0) is 19.8 Å². The van der Waals surface area contributed by atoms with E-state index in [1.165, 1.54) is 16.7 Å². The highest BCUT2D eigenvalue weighted by molar-refractivity contribution is 5.78. The summed E-state index contributed by atoms with van der Waals surface area (Å²) in [6.07, 6.45) is 2.69. The van der Waals surface area contributed by atoms with Crippen molar-refractivity contribution in [3.63, 3.8) is 0 Å². The summed E-state index contributed by atoms with van der Waals surface area (Å²) in [6.45, 7) is 10.9. The molecule has 0 atom stereocenters. The third-order valence-electron chi connectivity index (χ3n) is 7.53. The van der Waals surface area contributed by atoms with Crippen LogP contribution in [0.25, 0.3) is 0 Å². The van der Waals surface area contributed by atoms with Crippen molar-refractivity contribution in [2.24, 2.45) is 0 Å². The van der Waals surface area contributed by atoms with Gasteiger partial charge in [-0.15, -0.1) is 0 Å². The Bertz CT molecular complexity index is 1190. The normalized spacial score (nSPS) is 17.8. The molecule has 1 fully saturated rings. The zero-order valence-electron chi connectivity index (χ0n) is 25.9. The molecule has 224 valence electrons. The Kier molecular flexibility index (Phi) is 9.78. The molecule has 0 radical (unpaired) electrons. The van der Waals surface area contributed by atoms with Crippen LogP contribution in [0.15, 0.2) is 91.0 Å². The molecule has 42 heavy (non-hydrogen) atoms. The van der Waals surface area contributed by atoms with Crippen LogP contribution in [0.2, 0.25) is 0 Å². The average Bonchev–Trinajstić information content (AvgIpc) is 2.95. The van der Waals surface area contributed by atoms with E-state index in [-0.39, 0.29) is 18.6 Å². The van der Waals surface area contributed by atoms with Crippen molar-refractivity contribution < 1.29 is 19.1 Å². The molecular weight excluding hydrogens is 524 g/mol. The Morgan fingerprint density at radius 1 is 0.667 bits per heavy atom. The molecule has 0 unspecified atom stereocenters. The molecule has 6 nitrogen and oxygen atoms in total. The number of carbonyl (C=O) groups is 2. The minimum atomic E-state index is -0.664. The largest absolute Gasteiger partial charge is 0.459 e. The highest BCUT2D eigenvalue weighted by Gasteiger charge is 2.40. The van der Waals surface area contributed by atoms with E-state index >= 15 is 0 Å². The number of benzene rings is 3. The molecule has 1 aliphatic carbocycles. The van der Waals surface area contributed by atoms with Crippen molar-refractivity contribution in [3.8, 4) is 0 Å². The van der Waals surface area contributed by atoms with Gasteiger partial charge in [-0.25, -0.2) is 4.79 Å². The minimum Gasteiger partial charge on any atom is -0.459 e. The monoisotopic (exact) mass is 570 g/mol. The molecule has 1 saturated carbocycles. The highest BCUT2D eigenvalue weighted by Crippen LogP contribution is 2.39. The van der Waals surface area contributed by atoms with Crippen molar-refractivity contribution in [1.82, 2.24) is 10.2 Å². The molecule has 0 saturated heterocycles. The summed E-state index contributed by atoms with van der Waals surface area (Å²) >= 11 is 0. The van der Waals surface area contributed by atoms with E-state index in [1.807, 2.05) is 59.7 Å². The summed E-state index contributed by atoms with van der Waals surface area (Å²) in [4.78, 5) is 27.7. The van der Waals surface area contributed by atoms with Gasteiger partial charge in [0.05, 0.1) is 5.54 Å². The molecule has 0 heterocycles. The topological polar surface area (TPSA) is 67.9 Å². The minimum absolute atomic E-state index is 0.120. The van der Waals surface area contributed by atoms with E-state index < -0.39 is 28.8 Å². The fourth-order valence-electron chi connectivity index (χ4n) is 5.83. The Morgan fingerprint density at radius 2 is 1.07 bits per heavy atom. The van der Waals surface area contributed by atoms with Crippen LogP contribution in [0.1, 0.15) is 83.9 Å². The van der Waals surface area contributed by atoms with Crippen LogP contribution in [-0.4, -0.2) is 46.8 Å². The van der Waals surface area contributed by atoms with Gasteiger partial charge in [0.25, 0.3) is 0 Å². The molecule has 1 N–H and O–H groups in total. The van der Waals surface area contributed by atoms with Gasteiger partial charge in [0.1, 0.15) is 17.7 Å². The Labute approximate surface area is 251 Å². The molecule has 0 spiro atoms. The first-order chi connectivity index (χ1) is 19.9. The lowest BCUT2D eigenvalue weighted by Gasteiger charge is -2.43. The lowest BCUT2D eigenvalue weighted by molar-refractivity contribution is -0.156. The predicted molar refractivity (Wildman–Crippen MR) is 167 cm³/mol. The molecule has 1 amide bonds. The predicted octanol–water partition coefficient (Wildman–Crippen LogP) is 7.46. The maximum absolute atomic E-state index is 13.3. The lowest BCUT2D eigenvalue weighted by atomic mass is 9.75. The van der Waals surface area contributed by atoms with E-state index in [4.69, 9.17) is 9.47 Å². The van der Waals surface area contributed by atoms with Crippen LogP contribution in [0.5, 0.6) is 0 Å². The lowest BCUT2D eigenvalue weighted by Crippen LogP contribution is -2.53. The second kappa shape index (κ2) is 13.1. The Hall–Kier alpha value is -3.64. The molecule has 6 heteroatoms. The summed E-state index contributed by atoms with van der Waals surface area (Å²) in [5.41, 5.74) is 1.67. The van der Waals surface area contributed by atoms with E-state index in [1.54, 1.807) is 4.90 Å². The number of hydrogen-bond donors (Lipinski definition) is 1. The van der Waals surface area contributed by atoms with Gasteiger partial charge >= 0.3 is 12.1 Å². The number of ether oxygens (including phenoxy) is 2. The van der Waals surface area contributed by atoms with Crippen molar-refractivity contribution in [2.45, 2.75) is 96.1 Å². The molecule has 3 aromatic carbocycles. The van der Waals surface area contributed by atoms with E-state index in [2.05, 4.69) is 78.1 Å². The number of amides is 1. The smallest absolute Gasteiger partial charge is 0.411 e. The summed E-state index contributed by atoms with van der Waals surface area (Å²) in [7, 11) is 0. The van der Waals surface area contributed by atoms with Crippen LogP contribution >= 0.6 is 0 Å². The number of nitrogens with one attached hydrogen (secondary N) is 1. The first kappa shape index (κ1) is 31.3. The van der Waals surface area contributed by atoms with Crippen molar-refractivity contribution in [1.29, 1.82) is 0 Å². The fourth-order valence-corrected chi connectivity index (χ4v) is 5.83. The van der Waals surface area contributed by atoms with Gasteiger partial charge in [-0.2, -0.15) is 0 Å². The quantitative estimate of drug-likeness (QED) is 0.225. The number of rotatable bonds is 8. The number of esters is 1. The van der Waals surface area contributed by atoms with Crippen LogP contribution in [0.4, 0.5) is 4.79 Å². The third kappa shape index (κ3) is 8.01. The highest BCUT2D eigenvalue weighted by atomic mass is 16.6. The molecule has 0 bridgehead atoms. The third-order valence-corrected chi connectivity index (χ3v) is 7.53. The number of nitrogens with zero attached hydrogens (tertiary/aromatic N) is 1. The fraction of sp³-hybridized carbons (Fsp3) is 0.444. The number of hydrogen-bond acceptors (Lipinski definition) is 5. The summed E-state index contributed by atoms with van der Waals surface area (Å²) < 4.78 is 11.3. The molecule has 0 aliphatic heterocycles. The second-order valence-corrected chi connectivity index (χ2v) is 13.2. The van der Waals surface area contributed by atoms with Crippen molar-refractivity contribution in [3.05, 3.63) is 108 Å². The standard InChI is InChI=1S/C36H46N2O4/c1-34(2,3)41-32(39)26-38(33(40)42-35(4,5)6)31-24-22-30(23-25-31)37-36(27-16-10-7-11-17-27,28-18-12-8-13-19-28)29-20-14-9-15-21-29/h7-21,30-31,37H,22-26H2,1-6H3/t30-,31-. The molecule has 1 aliphatic rings. The Balaban J connectivity index is 1.60. The van der Waals surface area contributed by atoms with Crippen molar-refractivity contribution in [2.75, 3.05) is 6.54 Å². The number of carbonyl (C=O) groups excluding carboxylic acids is 2. The molecule has 0 aromatic heterocycles. The van der Waals surface area contributed by atoms with E-state index in [9.17, 15) is 9.59 Å². The van der Waals surface area contributed by atoms with Gasteiger partial charge in [0.15, 0.2) is 0 Å². The first-order valence-corrected chi connectivity index (χ1v) is 15.0. The van der Waals surface area contributed by atoms with Crippen molar-refractivity contribution >= 4 is 12.1 Å². The summed E-state index contributed by atoms with van der Waals surface area (Å²) in [6, 6.07) is 31.8. The zero-order chi connectivity index (χ0) is 30.4. The van der Waals surface area contributed by atoms with Gasteiger partial charge in [-0.3, -0.25) is 15.0 Å². The molecular formula is C36H46N2O4.